The fraction of sp³-hybridized carbons (Fsp3) is 0.280. The lowest BCUT2D eigenvalue weighted by atomic mass is 9.91. The summed E-state index contributed by atoms with van der Waals surface area (Å²) >= 11 is 9.63. The molecule has 0 spiro atoms. The molecule has 0 saturated carbocycles. The summed E-state index contributed by atoms with van der Waals surface area (Å²) < 4.78 is 7.15. The van der Waals surface area contributed by atoms with Gasteiger partial charge in [-0.05, 0) is 90.4 Å². The molecule has 0 aromatic heterocycles. The number of nitrogens with two attached hydrogens (primary N) is 1. The fourth-order valence-corrected chi connectivity index (χ4v) is 4.86. The van der Waals surface area contributed by atoms with E-state index < -0.39 is 18.2 Å². The van der Waals surface area contributed by atoms with Crippen LogP contribution in [0.25, 0.3) is 0 Å². The molecule has 1 atom stereocenters. The number of hydrogen-bond donors (Lipinski definition) is 3. The highest BCUT2D eigenvalue weighted by molar-refractivity contribution is 9.12. The summed E-state index contributed by atoms with van der Waals surface area (Å²) in [5, 5.41) is 6.82. The molecule has 4 rings (SSSR count). The average molecular weight is 546 g/mol. The zero-order chi connectivity index (χ0) is 24.4. The molecular weight excluding hydrogens is 520 g/mol. The summed E-state index contributed by atoms with van der Waals surface area (Å²) in [5.41, 5.74) is 4.57. The third-order valence-corrected chi connectivity index (χ3v) is 7.62. The van der Waals surface area contributed by atoms with Gasteiger partial charge in [0.05, 0.1) is 16.3 Å². The molecular formula is C25H26BrClN4O3. The molecule has 4 N–H and O–H groups in total. The molecule has 7 nitrogen and oxygen atoms in total. The molecule has 0 fully saturated rings. The highest BCUT2D eigenvalue weighted by Crippen LogP contribution is 2.36. The van der Waals surface area contributed by atoms with Crippen molar-refractivity contribution in [2.45, 2.75) is 45.8 Å². The molecule has 9 heteroatoms. The Morgan fingerprint density at radius 3 is 2.62 bits per heavy atom. The summed E-state index contributed by atoms with van der Waals surface area (Å²) in [5.74, 6) is 6.54. The third kappa shape index (κ3) is 4.85. The number of halogens is 2. The first-order chi connectivity index (χ1) is 16.3. The smallest absolute Gasteiger partial charge is 0.326 e. The van der Waals surface area contributed by atoms with E-state index in [1.54, 1.807) is 24.3 Å². The standard InChI is InChI=1S/C25H26BrClN4O3/c1-14-21(26)15(2)31(28)24(34-20-13-7-9-16-8-3-4-10-17(16)20)22(14)29-25(33)30-23(32)18-11-5-6-12-19(18)27/h5-7,9,11-13,24H,3-4,8,10,28H2,1-2H3,(H2,29,30,32,33). The van der Waals surface area contributed by atoms with Crippen molar-refractivity contribution < 1.29 is 14.3 Å². The predicted octanol–water partition coefficient (Wildman–Crippen LogP) is 5.15. The minimum Gasteiger partial charge on any atom is -0.463 e. The number of rotatable bonds is 4. The van der Waals surface area contributed by atoms with Gasteiger partial charge in [-0.2, -0.15) is 0 Å². The van der Waals surface area contributed by atoms with Crippen molar-refractivity contribution in [1.29, 1.82) is 0 Å². The van der Waals surface area contributed by atoms with Crippen LogP contribution in [-0.2, 0) is 12.8 Å². The van der Waals surface area contributed by atoms with Gasteiger partial charge in [-0.25, -0.2) is 10.6 Å². The number of imide groups is 1. The molecule has 34 heavy (non-hydrogen) atoms. The van der Waals surface area contributed by atoms with Crippen LogP contribution in [0.5, 0.6) is 5.75 Å². The highest BCUT2D eigenvalue weighted by Gasteiger charge is 2.33. The number of carbonyl (C=O) groups is 2. The van der Waals surface area contributed by atoms with Crippen molar-refractivity contribution in [2.24, 2.45) is 5.84 Å². The van der Waals surface area contributed by atoms with Gasteiger partial charge < -0.3 is 10.1 Å². The predicted molar refractivity (Wildman–Crippen MR) is 135 cm³/mol. The zero-order valence-corrected chi connectivity index (χ0v) is 21.3. The Labute approximate surface area is 212 Å². The Kier molecular flexibility index (Phi) is 7.30. The number of nitrogens with zero attached hydrogens (tertiary/aromatic N) is 1. The number of benzene rings is 2. The van der Waals surface area contributed by atoms with Crippen molar-refractivity contribution >= 4 is 39.5 Å². The van der Waals surface area contributed by atoms with E-state index in [4.69, 9.17) is 22.2 Å². The number of ether oxygens (including phenoxy) is 1. The summed E-state index contributed by atoms with van der Waals surface area (Å²) in [4.78, 5) is 25.4. The van der Waals surface area contributed by atoms with Gasteiger partial charge in [0.1, 0.15) is 5.75 Å². The van der Waals surface area contributed by atoms with E-state index in [1.165, 1.54) is 16.1 Å². The van der Waals surface area contributed by atoms with E-state index in [-0.39, 0.29) is 10.6 Å². The van der Waals surface area contributed by atoms with Crippen LogP contribution < -0.4 is 21.2 Å². The van der Waals surface area contributed by atoms with Crippen molar-refractivity contribution in [2.75, 3.05) is 0 Å². The molecule has 1 aliphatic carbocycles. The molecule has 0 bridgehead atoms. The van der Waals surface area contributed by atoms with E-state index in [2.05, 4.69) is 32.6 Å². The lowest BCUT2D eigenvalue weighted by Gasteiger charge is -2.37. The molecule has 2 aromatic carbocycles. The molecule has 1 unspecified atom stereocenters. The summed E-state index contributed by atoms with van der Waals surface area (Å²) in [6, 6.07) is 11.8. The van der Waals surface area contributed by atoms with Crippen LogP contribution in [0.2, 0.25) is 5.02 Å². The number of aryl methyl sites for hydroxylation is 1. The van der Waals surface area contributed by atoms with E-state index in [1.807, 2.05) is 26.0 Å². The van der Waals surface area contributed by atoms with Crippen LogP contribution in [0.4, 0.5) is 4.79 Å². The number of hydrazine groups is 1. The molecule has 0 radical (unpaired) electrons. The summed E-state index contributed by atoms with van der Waals surface area (Å²) in [6.07, 6.45) is 3.40. The average Bonchev–Trinajstić information content (AvgIpc) is 2.83. The number of fused-ring (bicyclic) bond motifs is 1. The Bertz CT molecular complexity index is 1210. The third-order valence-electron chi connectivity index (χ3n) is 6.12. The van der Waals surface area contributed by atoms with Gasteiger partial charge in [-0.15, -0.1) is 0 Å². The van der Waals surface area contributed by atoms with E-state index in [9.17, 15) is 9.59 Å². The largest absolute Gasteiger partial charge is 0.463 e. The van der Waals surface area contributed by atoms with Crippen LogP contribution >= 0.6 is 27.5 Å². The minimum atomic E-state index is -0.795. The molecule has 1 aliphatic heterocycles. The van der Waals surface area contributed by atoms with Crippen molar-refractivity contribution in [1.82, 2.24) is 15.6 Å². The van der Waals surface area contributed by atoms with Gasteiger partial charge in [0.15, 0.2) is 0 Å². The quantitative estimate of drug-likeness (QED) is 0.462. The minimum absolute atomic E-state index is 0.203. The van der Waals surface area contributed by atoms with E-state index >= 15 is 0 Å². The van der Waals surface area contributed by atoms with Gasteiger partial charge >= 0.3 is 6.03 Å². The first-order valence-electron chi connectivity index (χ1n) is 11.0. The highest BCUT2D eigenvalue weighted by atomic mass is 79.9. The molecule has 178 valence electrons. The zero-order valence-electron chi connectivity index (χ0n) is 19.0. The second-order valence-corrected chi connectivity index (χ2v) is 9.50. The number of hydrogen-bond acceptors (Lipinski definition) is 5. The van der Waals surface area contributed by atoms with E-state index in [0.29, 0.717) is 5.70 Å². The maximum absolute atomic E-state index is 12.8. The van der Waals surface area contributed by atoms with Crippen LogP contribution in [0.1, 0.15) is 48.2 Å². The fourth-order valence-electron chi connectivity index (χ4n) is 4.22. The monoisotopic (exact) mass is 544 g/mol. The van der Waals surface area contributed by atoms with E-state index in [0.717, 1.165) is 47.2 Å². The first kappa shape index (κ1) is 24.3. The number of urea groups is 1. The van der Waals surface area contributed by atoms with Crippen LogP contribution in [0.15, 0.2) is 63.9 Å². The normalized spacial score (nSPS) is 17.9. The molecule has 1 heterocycles. The van der Waals surface area contributed by atoms with Crippen molar-refractivity contribution in [3.63, 3.8) is 0 Å². The topological polar surface area (TPSA) is 96.7 Å². The Morgan fingerprint density at radius 2 is 1.85 bits per heavy atom. The SMILES string of the molecule is CC1=C(NC(=O)NC(=O)c2ccccc2Cl)C(Oc2cccc3c2CCCC3)N(N)C(C)=C1Br. The van der Waals surface area contributed by atoms with Crippen LogP contribution in [0, 0.1) is 0 Å². The molecule has 2 aromatic rings. The van der Waals surface area contributed by atoms with Crippen LogP contribution in [0.3, 0.4) is 0 Å². The van der Waals surface area contributed by atoms with Crippen LogP contribution in [-0.4, -0.2) is 23.2 Å². The molecule has 0 saturated heterocycles. The lowest BCUT2D eigenvalue weighted by Crippen LogP contribution is -2.52. The van der Waals surface area contributed by atoms with Gasteiger partial charge in [0.2, 0.25) is 6.23 Å². The van der Waals surface area contributed by atoms with Gasteiger partial charge in [-0.1, -0.05) is 35.9 Å². The Morgan fingerprint density at radius 1 is 1.12 bits per heavy atom. The second-order valence-electron chi connectivity index (χ2n) is 8.30. The lowest BCUT2D eigenvalue weighted by molar-refractivity contribution is 0.0710. The first-order valence-corrected chi connectivity index (χ1v) is 12.2. The Hall–Kier alpha value is -2.81. The number of carbonyl (C=O) groups excluding carboxylic acids is 2. The van der Waals surface area contributed by atoms with Gasteiger partial charge in [0.25, 0.3) is 5.91 Å². The summed E-state index contributed by atoms with van der Waals surface area (Å²) in [6.45, 7) is 3.71. The maximum Gasteiger partial charge on any atom is 0.326 e. The van der Waals surface area contributed by atoms with Gasteiger partial charge in [0, 0.05) is 10.2 Å². The Balaban J connectivity index is 1.60. The van der Waals surface area contributed by atoms with Crippen molar-refractivity contribution in [3.05, 3.63) is 85.6 Å². The number of amides is 3. The molecule has 3 amide bonds. The maximum atomic E-state index is 12.8. The number of nitrogens with one attached hydrogen (secondary N) is 2. The van der Waals surface area contributed by atoms with Gasteiger partial charge in [-0.3, -0.25) is 15.1 Å². The second kappa shape index (κ2) is 10.2. The molecule has 2 aliphatic rings. The summed E-state index contributed by atoms with van der Waals surface area (Å²) in [7, 11) is 0. The van der Waals surface area contributed by atoms with Crippen molar-refractivity contribution in [3.8, 4) is 5.75 Å². The number of allylic oxidation sites excluding steroid dienone is 3.